The molecule has 0 N–H and O–H groups in total. The lowest BCUT2D eigenvalue weighted by molar-refractivity contribution is 0.673. The fraction of sp³-hybridized carbons (Fsp3) is 0. The van der Waals surface area contributed by atoms with E-state index >= 15 is 0 Å². The van der Waals surface area contributed by atoms with Crippen LogP contribution in [0, 0.1) is 0 Å². The minimum absolute atomic E-state index is 0.920. The van der Waals surface area contributed by atoms with E-state index < -0.39 is 0 Å². The Labute approximate surface area is 294 Å². The first-order valence-corrected chi connectivity index (χ1v) is 17.6. The van der Waals surface area contributed by atoms with Crippen LogP contribution in [0.15, 0.2) is 186 Å². The average Bonchev–Trinajstić information content (AvgIpc) is 3.59. The van der Waals surface area contributed by atoms with Gasteiger partial charge in [-0.15, -0.1) is 0 Å². The van der Waals surface area contributed by atoms with Crippen molar-refractivity contribution < 1.29 is 4.42 Å². The third kappa shape index (κ3) is 4.22. The van der Waals surface area contributed by atoms with Crippen LogP contribution in [0.5, 0.6) is 0 Å². The lowest BCUT2D eigenvalue weighted by Crippen LogP contribution is -1.91. The van der Waals surface area contributed by atoms with Crippen molar-refractivity contribution in [1.29, 1.82) is 0 Å². The molecule has 0 bridgehead atoms. The molecule has 0 aliphatic heterocycles. The van der Waals surface area contributed by atoms with Crippen LogP contribution >= 0.6 is 0 Å². The number of rotatable bonds is 3. The Morgan fingerprint density at radius 1 is 0.294 bits per heavy atom. The third-order valence-electron chi connectivity index (χ3n) is 10.8. The second kappa shape index (κ2) is 10.9. The molecule has 0 spiro atoms. The highest BCUT2D eigenvalue weighted by molar-refractivity contribution is 6.26. The largest absolute Gasteiger partial charge is 0.455 e. The Balaban J connectivity index is 1.10. The number of fused-ring (bicyclic) bond motifs is 10. The third-order valence-corrected chi connectivity index (χ3v) is 10.8. The molecule has 11 rings (SSSR count). The molecule has 0 saturated carbocycles. The SMILES string of the molecule is c1ccc(-c2c3ccccc3c(-c3ccc4cc(-c5cc6oc7c8ccccc8ccc7c6c6ccccc56)ccc4c3)c3ccccc23)cc1. The summed E-state index contributed by atoms with van der Waals surface area (Å²) in [5.41, 5.74) is 9.27. The molecule has 51 heavy (non-hydrogen) atoms. The van der Waals surface area contributed by atoms with Gasteiger partial charge in [0, 0.05) is 16.2 Å². The van der Waals surface area contributed by atoms with Gasteiger partial charge < -0.3 is 4.42 Å². The molecule has 1 heterocycles. The Morgan fingerprint density at radius 3 is 1.49 bits per heavy atom. The highest BCUT2D eigenvalue weighted by Gasteiger charge is 2.18. The van der Waals surface area contributed by atoms with Crippen LogP contribution in [0.2, 0.25) is 0 Å². The van der Waals surface area contributed by atoms with Gasteiger partial charge in [0.2, 0.25) is 0 Å². The van der Waals surface area contributed by atoms with Crippen molar-refractivity contribution in [2.75, 3.05) is 0 Å². The summed E-state index contributed by atoms with van der Waals surface area (Å²) in [5.74, 6) is 0. The van der Waals surface area contributed by atoms with Crippen LogP contribution in [0.1, 0.15) is 0 Å². The Morgan fingerprint density at radius 2 is 0.804 bits per heavy atom. The van der Waals surface area contributed by atoms with E-state index in [0.717, 1.165) is 21.9 Å². The molecule has 10 aromatic carbocycles. The van der Waals surface area contributed by atoms with E-state index in [2.05, 4.69) is 182 Å². The maximum Gasteiger partial charge on any atom is 0.143 e. The van der Waals surface area contributed by atoms with Gasteiger partial charge in [0.05, 0.1) is 0 Å². The normalized spacial score (nSPS) is 11.9. The molecule has 11 aromatic rings. The van der Waals surface area contributed by atoms with Gasteiger partial charge in [-0.1, -0.05) is 158 Å². The standard InChI is InChI=1S/C50H30O/c1-2-13-32(14-3-1)47-40-18-8-10-20-42(40)48(43-21-11-9-19-41(43)47)36-25-23-33-28-35(24-22-34(33)29-36)45-30-46-49(39-17-7-6-16-38(39)45)44-27-26-31-12-4-5-15-37(31)50(44)51-46/h1-30H. The molecule has 0 amide bonds. The first-order chi connectivity index (χ1) is 25.3. The second-order valence-electron chi connectivity index (χ2n) is 13.6. The van der Waals surface area contributed by atoms with Gasteiger partial charge in [-0.05, 0) is 106 Å². The van der Waals surface area contributed by atoms with Crippen molar-refractivity contribution in [2.45, 2.75) is 0 Å². The maximum absolute atomic E-state index is 6.70. The molecule has 0 aliphatic rings. The fourth-order valence-corrected chi connectivity index (χ4v) is 8.53. The predicted molar refractivity (Wildman–Crippen MR) is 218 cm³/mol. The van der Waals surface area contributed by atoms with Crippen LogP contribution in [-0.4, -0.2) is 0 Å². The zero-order valence-electron chi connectivity index (χ0n) is 27.7. The molecule has 1 heteroatoms. The van der Waals surface area contributed by atoms with E-state index in [1.807, 2.05) is 0 Å². The summed E-state index contributed by atoms with van der Waals surface area (Å²) >= 11 is 0. The van der Waals surface area contributed by atoms with Crippen LogP contribution in [0.4, 0.5) is 0 Å². The molecular weight excluding hydrogens is 617 g/mol. The van der Waals surface area contributed by atoms with Gasteiger partial charge in [-0.2, -0.15) is 0 Å². The minimum atomic E-state index is 0.920. The second-order valence-corrected chi connectivity index (χ2v) is 13.6. The van der Waals surface area contributed by atoms with E-state index in [1.54, 1.807) is 0 Å². The number of hydrogen-bond acceptors (Lipinski definition) is 1. The number of furan rings is 1. The summed E-state index contributed by atoms with van der Waals surface area (Å²) in [5, 5.41) is 14.6. The Kier molecular flexibility index (Phi) is 6.02. The smallest absolute Gasteiger partial charge is 0.143 e. The van der Waals surface area contributed by atoms with Crippen molar-refractivity contribution in [3.8, 4) is 33.4 Å². The van der Waals surface area contributed by atoms with E-state index in [-0.39, 0.29) is 0 Å². The van der Waals surface area contributed by atoms with Gasteiger partial charge in [0.15, 0.2) is 0 Å². The summed E-state index contributed by atoms with van der Waals surface area (Å²) in [4.78, 5) is 0. The van der Waals surface area contributed by atoms with Crippen molar-refractivity contribution in [1.82, 2.24) is 0 Å². The lowest BCUT2D eigenvalue weighted by Gasteiger charge is -2.18. The van der Waals surface area contributed by atoms with Crippen molar-refractivity contribution in [2.24, 2.45) is 0 Å². The van der Waals surface area contributed by atoms with E-state index in [1.165, 1.54) is 87.2 Å². The molecule has 0 radical (unpaired) electrons. The van der Waals surface area contributed by atoms with Crippen LogP contribution in [0.3, 0.4) is 0 Å². The molecule has 1 nitrogen and oxygen atoms in total. The fourth-order valence-electron chi connectivity index (χ4n) is 8.53. The predicted octanol–water partition coefficient (Wildman–Crippen LogP) is 14.4. The van der Waals surface area contributed by atoms with Crippen molar-refractivity contribution in [3.05, 3.63) is 182 Å². The van der Waals surface area contributed by atoms with Gasteiger partial charge in [-0.3, -0.25) is 0 Å². The molecule has 0 fully saturated rings. The molecule has 0 atom stereocenters. The summed E-state index contributed by atoms with van der Waals surface area (Å²) in [7, 11) is 0. The van der Waals surface area contributed by atoms with Crippen molar-refractivity contribution >= 4 is 75.8 Å². The first-order valence-electron chi connectivity index (χ1n) is 17.6. The van der Waals surface area contributed by atoms with E-state index in [4.69, 9.17) is 4.42 Å². The van der Waals surface area contributed by atoms with E-state index in [9.17, 15) is 0 Å². The van der Waals surface area contributed by atoms with Gasteiger partial charge in [0.1, 0.15) is 11.2 Å². The summed E-state index contributed by atoms with van der Waals surface area (Å²) in [6.07, 6.45) is 0. The summed E-state index contributed by atoms with van der Waals surface area (Å²) in [6, 6.07) is 66.2. The van der Waals surface area contributed by atoms with Gasteiger partial charge in [-0.25, -0.2) is 0 Å². The van der Waals surface area contributed by atoms with E-state index in [0.29, 0.717) is 0 Å². The molecule has 0 unspecified atom stereocenters. The van der Waals surface area contributed by atoms with Crippen LogP contribution < -0.4 is 0 Å². The first kappa shape index (κ1) is 28.2. The van der Waals surface area contributed by atoms with Crippen molar-refractivity contribution in [3.63, 3.8) is 0 Å². The molecule has 236 valence electrons. The molecular formula is C50H30O. The Hall–Kier alpha value is -6.70. The van der Waals surface area contributed by atoms with Gasteiger partial charge >= 0.3 is 0 Å². The number of benzene rings is 10. The monoisotopic (exact) mass is 646 g/mol. The van der Waals surface area contributed by atoms with Crippen LogP contribution in [0.25, 0.3) is 109 Å². The zero-order chi connectivity index (χ0) is 33.5. The summed E-state index contributed by atoms with van der Waals surface area (Å²) < 4.78 is 6.70. The maximum atomic E-state index is 6.70. The lowest BCUT2D eigenvalue weighted by atomic mass is 9.85. The zero-order valence-corrected chi connectivity index (χ0v) is 27.7. The van der Waals surface area contributed by atoms with Crippen LogP contribution in [-0.2, 0) is 0 Å². The molecule has 1 aromatic heterocycles. The topological polar surface area (TPSA) is 13.1 Å². The average molecular weight is 647 g/mol. The summed E-state index contributed by atoms with van der Waals surface area (Å²) in [6.45, 7) is 0. The highest BCUT2D eigenvalue weighted by Crippen LogP contribution is 2.45. The Bertz CT molecular complexity index is 3130. The highest BCUT2D eigenvalue weighted by atomic mass is 16.3. The minimum Gasteiger partial charge on any atom is -0.455 e. The number of hydrogen-bond donors (Lipinski definition) is 0. The quantitative estimate of drug-likeness (QED) is 0.174. The molecule has 0 saturated heterocycles. The molecule has 0 aliphatic carbocycles. The van der Waals surface area contributed by atoms with Gasteiger partial charge in [0.25, 0.3) is 0 Å².